The molecule has 3 aromatic rings. The van der Waals surface area contributed by atoms with E-state index in [0.717, 1.165) is 30.6 Å². The second kappa shape index (κ2) is 5.91. The highest BCUT2D eigenvalue weighted by Crippen LogP contribution is 2.15. The molecule has 2 aromatic heterocycles. The Bertz CT molecular complexity index is 715. The van der Waals surface area contributed by atoms with Gasteiger partial charge in [0, 0.05) is 24.2 Å². The van der Waals surface area contributed by atoms with Gasteiger partial charge in [0.05, 0.1) is 12.0 Å². The van der Waals surface area contributed by atoms with Gasteiger partial charge in [-0.2, -0.15) is 4.98 Å². The van der Waals surface area contributed by atoms with Crippen molar-refractivity contribution in [3.63, 3.8) is 0 Å². The Labute approximate surface area is 123 Å². The van der Waals surface area contributed by atoms with Crippen molar-refractivity contribution >= 4 is 0 Å². The molecule has 0 atom stereocenters. The highest BCUT2D eigenvalue weighted by atomic mass is 16.5. The van der Waals surface area contributed by atoms with Crippen molar-refractivity contribution in [2.75, 3.05) is 0 Å². The van der Waals surface area contributed by atoms with Gasteiger partial charge < -0.3 is 9.09 Å². The minimum absolute atomic E-state index is 0.653. The van der Waals surface area contributed by atoms with E-state index in [0.29, 0.717) is 11.7 Å². The van der Waals surface area contributed by atoms with E-state index in [1.165, 1.54) is 5.69 Å². The second-order valence-electron chi connectivity index (χ2n) is 5.09. The van der Waals surface area contributed by atoms with Crippen LogP contribution in [0.4, 0.5) is 0 Å². The first-order chi connectivity index (χ1) is 10.2. The Balaban J connectivity index is 1.59. The quantitative estimate of drug-likeness (QED) is 0.721. The Hall–Kier alpha value is -2.43. The van der Waals surface area contributed by atoms with E-state index in [2.05, 4.69) is 26.6 Å². The Kier molecular flexibility index (Phi) is 3.81. The SMILES string of the molecule is Cc1ncn(CCCc2nc(-c3ccccc3)no2)c1C. The summed E-state index contributed by atoms with van der Waals surface area (Å²) < 4.78 is 7.46. The molecule has 0 aliphatic carbocycles. The molecule has 1 aromatic carbocycles. The summed E-state index contributed by atoms with van der Waals surface area (Å²) in [5, 5.41) is 4.03. The number of hydrogen-bond acceptors (Lipinski definition) is 4. The summed E-state index contributed by atoms with van der Waals surface area (Å²) >= 11 is 0. The molecule has 0 spiro atoms. The van der Waals surface area contributed by atoms with E-state index >= 15 is 0 Å². The van der Waals surface area contributed by atoms with Crippen molar-refractivity contribution in [3.05, 3.63) is 53.9 Å². The van der Waals surface area contributed by atoms with E-state index < -0.39 is 0 Å². The highest BCUT2D eigenvalue weighted by Gasteiger charge is 2.08. The molecule has 0 aliphatic rings. The van der Waals surface area contributed by atoms with Crippen LogP contribution in [0.25, 0.3) is 11.4 Å². The Morgan fingerprint density at radius 1 is 1.14 bits per heavy atom. The average Bonchev–Trinajstić information content (AvgIpc) is 3.10. The molecule has 0 aliphatic heterocycles. The zero-order valence-electron chi connectivity index (χ0n) is 12.3. The summed E-state index contributed by atoms with van der Waals surface area (Å²) in [6.45, 7) is 5.02. The zero-order chi connectivity index (χ0) is 14.7. The monoisotopic (exact) mass is 282 g/mol. The molecule has 0 N–H and O–H groups in total. The molecule has 5 heteroatoms. The fourth-order valence-corrected chi connectivity index (χ4v) is 2.23. The van der Waals surface area contributed by atoms with Crippen molar-refractivity contribution in [1.29, 1.82) is 0 Å². The van der Waals surface area contributed by atoms with Crippen LogP contribution in [0.3, 0.4) is 0 Å². The molecule has 0 bridgehead atoms. The summed E-state index contributed by atoms with van der Waals surface area (Å²) in [6.07, 6.45) is 3.61. The van der Waals surface area contributed by atoms with Crippen molar-refractivity contribution in [2.45, 2.75) is 33.2 Å². The second-order valence-corrected chi connectivity index (χ2v) is 5.09. The van der Waals surface area contributed by atoms with Crippen LogP contribution in [0, 0.1) is 13.8 Å². The molecule has 0 saturated heterocycles. The summed E-state index contributed by atoms with van der Waals surface area (Å²) in [5.74, 6) is 1.34. The zero-order valence-corrected chi connectivity index (χ0v) is 12.3. The van der Waals surface area contributed by atoms with Crippen LogP contribution < -0.4 is 0 Å². The lowest BCUT2D eigenvalue weighted by Gasteiger charge is -2.03. The number of benzene rings is 1. The third kappa shape index (κ3) is 3.02. The van der Waals surface area contributed by atoms with Gasteiger partial charge >= 0.3 is 0 Å². The van der Waals surface area contributed by atoms with E-state index in [4.69, 9.17) is 4.52 Å². The minimum atomic E-state index is 0.653. The normalized spacial score (nSPS) is 11.0. The topological polar surface area (TPSA) is 56.7 Å². The molecular formula is C16H18N4O. The Morgan fingerprint density at radius 3 is 2.67 bits per heavy atom. The first-order valence-electron chi connectivity index (χ1n) is 7.10. The molecule has 0 unspecified atom stereocenters. The van der Waals surface area contributed by atoms with Crippen molar-refractivity contribution in [1.82, 2.24) is 19.7 Å². The van der Waals surface area contributed by atoms with Crippen LogP contribution in [0.2, 0.25) is 0 Å². The van der Waals surface area contributed by atoms with Crippen molar-refractivity contribution < 1.29 is 4.52 Å². The van der Waals surface area contributed by atoms with Gasteiger partial charge in [-0.15, -0.1) is 0 Å². The number of nitrogens with zero attached hydrogens (tertiary/aromatic N) is 4. The van der Waals surface area contributed by atoms with E-state index in [-0.39, 0.29) is 0 Å². The van der Waals surface area contributed by atoms with Gasteiger partial charge in [-0.05, 0) is 20.3 Å². The van der Waals surface area contributed by atoms with Gasteiger partial charge in [0.2, 0.25) is 11.7 Å². The first-order valence-corrected chi connectivity index (χ1v) is 7.10. The largest absolute Gasteiger partial charge is 0.339 e. The lowest BCUT2D eigenvalue weighted by atomic mass is 10.2. The minimum Gasteiger partial charge on any atom is -0.339 e. The molecule has 0 saturated carbocycles. The summed E-state index contributed by atoms with van der Waals surface area (Å²) in [6, 6.07) is 9.86. The maximum Gasteiger partial charge on any atom is 0.227 e. The summed E-state index contributed by atoms with van der Waals surface area (Å²) in [7, 11) is 0. The maximum absolute atomic E-state index is 5.31. The number of rotatable bonds is 5. The van der Waals surface area contributed by atoms with Crippen LogP contribution in [-0.2, 0) is 13.0 Å². The van der Waals surface area contributed by atoms with Crippen molar-refractivity contribution in [2.24, 2.45) is 0 Å². The highest BCUT2D eigenvalue weighted by molar-refractivity contribution is 5.53. The third-order valence-electron chi connectivity index (χ3n) is 3.63. The molecule has 108 valence electrons. The van der Waals surface area contributed by atoms with Gasteiger partial charge in [-0.1, -0.05) is 35.5 Å². The van der Waals surface area contributed by atoms with Crippen LogP contribution in [0.15, 0.2) is 41.2 Å². The fraction of sp³-hybridized carbons (Fsp3) is 0.312. The number of aryl methyl sites for hydroxylation is 3. The van der Waals surface area contributed by atoms with Gasteiger partial charge in [0.25, 0.3) is 0 Å². The molecule has 0 radical (unpaired) electrons. The van der Waals surface area contributed by atoms with E-state index in [1.54, 1.807) is 0 Å². The first kappa shape index (κ1) is 13.5. The molecular weight excluding hydrogens is 264 g/mol. The van der Waals surface area contributed by atoms with E-state index in [9.17, 15) is 0 Å². The lowest BCUT2D eigenvalue weighted by molar-refractivity contribution is 0.372. The molecule has 5 nitrogen and oxygen atoms in total. The summed E-state index contributed by atoms with van der Waals surface area (Å²) in [5.41, 5.74) is 3.28. The van der Waals surface area contributed by atoms with E-state index in [1.807, 2.05) is 43.6 Å². The molecule has 2 heterocycles. The smallest absolute Gasteiger partial charge is 0.227 e. The number of hydrogen-bond donors (Lipinski definition) is 0. The number of imidazole rings is 1. The van der Waals surface area contributed by atoms with Crippen LogP contribution in [0.5, 0.6) is 0 Å². The predicted molar refractivity (Wildman–Crippen MR) is 79.8 cm³/mol. The van der Waals surface area contributed by atoms with Gasteiger partial charge in [0.1, 0.15) is 0 Å². The predicted octanol–water partition coefficient (Wildman–Crippen LogP) is 3.18. The standard InChI is InChI=1S/C16H18N4O/c1-12-13(2)20(11-17-12)10-6-9-15-18-16(19-21-15)14-7-4-3-5-8-14/h3-5,7-8,11H,6,9-10H2,1-2H3. The van der Waals surface area contributed by atoms with Crippen LogP contribution >= 0.6 is 0 Å². The summed E-state index contributed by atoms with van der Waals surface area (Å²) in [4.78, 5) is 8.73. The van der Waals surface area contributed by atoms with Crippen LogP contribution in [-0.4, -0.2) is 19.7 Å². The fourth-order valence-electron chi connectivity index (χ4n) is 2.23. The van der Waals surface area contributed by atoms with Crippen molar-refractivity contribution in [3.8, 4) is 11.4 Å². The molecule has 3 rings (SSSR count). The van der Waals surface area contributed by atoms with Gasteiger partial charge in [-0.3, -0.25) is 0 Å². The average molecular weight is 282 g/mol. The Morgan fingerprint density at radius 2 is 1.95 bits per heavy atom. The molecule has 0 fully saturated rings. The number of aromatic nitrogens is 4. The molecule has 21 heavy (non-hydrogen) atoms. The van der Waals surface area contributed by atoms with Crippen LogP contribution in [0.1, 0.15) is 23.7 Å². The third-order valence-corrected chi connectivity index (χ3v) is 3.63. The molecule has 0 amide bonds. The maximum atomic E-state index is 5.31. The van der Waals surface area contributed by atoms with Gasteiger partial charge in [0.15, 0.2) is 0 Å². The van der Waals surface area contributed by atoms with Gasteiger partial charge in [-0.25, -0.2) is 4.98 Å². The lowest BCUT2D eigenvalue weighted by Crippen LogP contribution is -2.00.